The first-order chi connectivity index (χ1) is 12.9. The molecule has 1 atom stereocenters. The topological polar surface area (TPSA) is 81.7 Å². The Balaban J connectivity index is 2.03. The van der Waals surface area contributed by atoms with Crippen molar-refractivity contribution in [1.29, 1.82) is 0 Å². The Bertz CT molecular complexity index is 915. The maximum Gasteiger partial charge on any atom is 0.407 e. The second-order valence-electron chi connectivity index (χ2n) is 7.75. The molecule has 2 rings (SSSR count). The van der Waals surface area contributed by atoms with Crippen molar-refractivity contribution < 1.29 is 22.1 Å². The fourth-order valence-electron chi connectivity index (χ4n) is 2.52. The number of carbonyl (C=O) groups is 1. The summed E-state index contributed by atoms with van der Waals surface area (Å²) in [6.07, 6.45) is 0.00967. The number of rotatable bonds is 6. The van der Waals surface area contributed by atoms with Gasteiger partial charge in [-0.15, -0.1) is 0 Å². The van der Waals surface area contributed by atoms with Crippen molar-refractivity contribution in [2.75, 3.05) is 0 Å². The number of nitrogens with one attached hydrogen (secondary N) is 1. The molecule has 0 fully saturated rings. The highest BCUT2D eigenvalue weighted by atomic mass is 32.2. The zero-order valence-electron chi connectivity index (χ0n) is 16.9. The quantitative estimate of drug-likeness (QED) is 0.728. The Kier molecular flexibility index (Phi) is 6.72. The van der Waals surface area contributed by atoms with Crippen molar-refractivity contribution in [2.24, 2.45) is 0 Å². The standard InChI is InChI=1S/C21H27NO5S/c1-15-9-11-19(12-10-15)28(24,25)27-18-8-6-7-17(14-18)13-16(2)22-20(23)26-21(3,4)5/h6-12,14,16H,13H2,1-5H3,(H,22,23). The predicted octanol–water partition coefficient (Wildman–Crippen LogP) is 4.22. The van der Waals surface area contributed by atoms with E-state index in [9.17, 15) is 13.2 Å². The van der Waals surface area contributed by atoms with Gasteiger partial charge in [0.25, 0.3) is 0 Å². The van der Waals surface area contributed by atoms with Gasteiger partial charge in [0.1, 0.15) is 16.2 Å². The van der Waals surface area contributed by atoms with Gasteiger partial charge in [-0.2, -0.15) is 8.42 Å². The molecule has 0 aromatic heterocycles. The monoisotopic (exact) mass is 405 g/mol. The van der Waals surface area contributed by atoms with Crippen LogP contribution < -0.4 is 9.50 Å². The number of hydrogen-bond donors (Lipinski definition) is 1. The smallest absolute Gasteiger partial charge is 0.407 e. The van der Waals surface area contributed by atoms with Crippen LogP contribution in [0.1, 0.15) is 38.8 Å². The van der Waals surface area contributed by atoms with E-state index in [1.807, 2.05) is 19.9 Å². The molecule has 0 aliphatic heterocycles. The van der Waals surface area contributed by atoms with Crippen LogP contribution in [0.3, 0.4) is 0 Å². The van der Waals surface area contributed by atoms with E-state index >= 15 is 0 Å². The molecular weight excluding hydrogens is 378 g/mol. The predicted molar refractivity (Wildman–Crippen MR) is 108 cm³/mol. The summed E-state index contributed by atoms with van der Waals surface area (Å²) in [4.78, 5) is 12.0. The Labute approximate surface area is 167 Å². The van der Waals surface area contributed by atoms with E-state index in [0.29, 0.717) is 6.42 Å². The molecule has 28 heavy (non-hydrogen) atoms. The molecule has 0 spiro atoms. The minimum absolute atomic E-state index is 0.100. The van der Waals surface area contributed by atoms with Crippen molar-refractivity contribution in [3.63, 3.8) is 0 Å². The lowest BCUT2D eigenvalue weighted by atomic mass is 10.1. The number of carbonyl (C=O) groups excluding carboxylic acids is 1. The first-order valence-electron chi connectivity index (χ1n) is 9.04. The van der Waals surface area contributed by atoms with E-state index in [-0.39, 0.29) is 16.7 Å². The summed E-state index contributed by atoms with van der Waals surface area (Å²) in [5.41, 5.74) is 1.23. The number of amides is 1. The zero-order chi connectivity index (χ0) is 20.9. The fraction of sp³-hybridized carbons (Fsp3) is 0.381. The number of alkyl carbamates (subject to hydrolysis) is 1. The second-order valence-corrected chi connectivity index (χ2v) is 9.30. The second kappa shape index (κ2) is 8.65. The van der Waals surface area contributed by atoms with Gasteiger partial charge in [-0.1, -0.05) is 29.8 Å². The molecule has 0 bridgehead atoms. The van der Waals surface area contributed by atoms with Crippen LogP contribution in [-0.4, -0.2) is 26.2 Å². The van der Waals surface area contributed by atoms with Crippen molar-refractivity contribution >= 4 is 16.2 Å². The normalized spacial score (nSPS) is 12.9. The molecule has 0 aliphatic rings. The van der Waals surface area contributed by atoms with Crippen molar-refractivity contribution in [1.82, 2.24) is 5.32 Å². The van der Waals surface area contributed by atoms with Gasteiger partial charge in [0.2, 0.25) is 0 Å². The number of hydrogen-bond acceptors (Lipinski definition) is 5. The van der Waals surface area contributed by atoms with E-state index in [0.717, 1.165) is 11.1 Å². The summed E-state index contributed by atoms with van der Waals surface area (Å²) in [7, 11) is -3.90. The summed E-state index contributed by atoms with van der Waals surface area (Å²) >= 11 is 0. The van der Waals surface area contributed by atoms with Crippen LogP contribution in [0.25, 0.3) is 0 Å². The first-order valence-corrected chi connectivity index (χ1v) is 10.4. The molecule has 1 amide bonds. The lowest BCUT2D eigenvalue weighted by Gasteiger charge is -2.22. The van der Waals surface area contributed by atoms with Gasteiger partial charge >= 0.3 is 16.2 Å². The van der Waals surface area contributed by atoms with E-state index in [2.05, 4.69) is 5.32 Å². The number of aryl methyl sites for hydroxylation is 1. The zero-order valence-corrected chi connectivity index (χ0v) is 17.7. The molecule has 2 aromatic carbocycles. The maximum atomic E-state index is 12.4. The summed E-state index contributed by atoms with van der Waals surface area (Å²) in [5.74, 6) is 0.225. The Morgan fingerprint density at radius 1 is 1.11 bits per heavy atom. The van der Waals surface area contributed by atoms with Crippen LogP contribution in [0.5, 0.6) is 5.75 Å². The molecule has 0 heterocycles. The molecule has 0 aliphatic carbocycles. The molecule has 7 heteroatoms. The third-order valence-corrected chi connectivity index (χ3v) is 4.98. The molecule has 152 valence electrons. The fourth-order valence-corrected chi connectivity index (χ4v) is 3.44. The van der Waals surface area contributed by atoms with Gasteiger partial charge in [-0.25, -0.2) is 4.79 Å². The lowest BCUT2D eigenvalue weighted by molar-refractivity contribution is 0.0508. The van der Waals surface area contributed by atoms with Gasteiger partial charge in [0.15, 0.2) is 0 Å². The SMILES string of the molecule is Cc1ccc(S(=O)(=O)Oc2cccc(CC(C)NC(=O)OC(C)(C)C)c2)cc1. The van der Waals surface area contributed by atoms with Crippen LogP contribution >= 0.6 is 0 Å². The molecule has 0 radical (unpaired) electrons. The van der Waals surface area contributed by atoms with Gasteiger partial charge in [-0.3, -0.25) is 0 Å². The molecule has 1 unspecified atom stereocenters. The summed E-state index contributed by atoms with van der Waals surface area (Å²) < 4.78 is 35.4. The van der Waals surface area contributed by atoms with E-state index in [1.165, 1.54) is 12.1 Å². The largest absolute Gasteiger partial charge is 0.444 e. The van der Waals surface area contributed by atoms with E-state index < -0.39 is 21.8 Å². The molecule has 0 saturated carbocycles. The van der Waals surface area contributed by atoms with Crippen LogP contribution in [-0.2, 0) is 21.3 Å². The highest BCUT2D eigenvalue weighted by Gasteiger charge is 2.19. The van der Waals surface area contributed by atoms with Crippen LogP contribution in [0.15, 0.2) is 53.4 Å². The minimum atomic E-state index is -3.90. The van der Waals surface area contributed by atoms with Crippen molar-refractivity contribution in [3.8, 4) is 5.75 Å². The Hall–Kier alpha value is -2.54. The van der Waals surface area contributed by atoms with Gasteiger partial charge in [-0.05, 0) is 70.9 Å². The third-order valence-electron chi connectivity index (χ3n) is 3.72. The maximum absolute atomic E-state index is 12.4. The average Bonchev–Trinajstić information content (AvgIpc) is 2.53. The highest BCUT2D eigenvalue weighted by Crippen LogP contribution is 2.21. The van der Waals surface area contributed by atoms with E-state index in [1.54, 1.807) is 51.1 Å². The molecule has 6 nitrogen and oxygen atoms in total. The Morgan fingerprint density at radius 2 is 1.75 bits per heavy atom. The number of benzene rings is 2. The van der Waals surface area contributed by atoms with Gasteiger partial charge in [0.05, 0.1) is 0 Å². The lowest BCUT2D eigenvalue weighted by Crippen LogP contribution is -2.38. The van der Waals surface area contributed by atoms with Crippen molar-refractivity contribution in [3.05, 3.63) is 59.7 Å². The summed E-state index contributed by atoms with van der Waals surface area (Å²) in [6.45, 7) is 9.12. The third kappa shape index (κ3) is 6.88. The van der Waals surface area contributed by atoms with Gasteiger partial charge in [0, 0.05) is 6.04 Å². The number of ether oxygens (including phenoxy) is 1. The average molecular weight is 406 g/mol. The summed E-state index contributed by atoms with van der Waals surface area (Å²) in [5, 5.41) is 2.76. The van der Waals surface area contributed by atoms with Crippen molar-refractivity contribution in [2.45, 2.75) is 57.6 Å². The highest BCUT2D eigenvalue weighted by molar-refractivity contribution is 7.87. The van der Waals surface area contributed by atoms with Crippen LogP contribution in [0.4, 0.5) is 4.79 Å². The summed E-state index contributed by atoms with van der Waals surface area (Å²) in [6, 6.07) is 13.1. The minimum Gasteiger partial charge on any atom is -0.444 e. The first kappa shape index (κ1) is 21.8. The van der Waals surface area contributed by atoms with Gasteiger partial charge < -0.3 is 14.2 Å². The van der Waals surface area contributed by atoms with Crippen LogP contribution in [0.2, 0.25) is 0 Å². The van der Waals surface area contributed by atoms with Crippen LogP contribution in [0, 0.1) is 6.92 Å². The molecule has 0 saturated heterocycles. The Morgan fingerprint density at radius 3 is 2.36 bits per heavy atom. The van der Waals surface area contributed by atoms with E-state index in [4.69, 9.17) is 8.92 Å². The molecular formula is C21H27NO5S. The molecule has 2 aromatic rings. The molecule has 1 N–H and O–H groups in total.